The van der Waals surface area contributed by atoms with Crippen molar-refractivity contribution >= 4 is 5.69 Å². The molecule has 0 aliphatic rings. The summed E-state index contributed by atoms with van der Waals surface area (Å²) in [6, 6.07) is 2.57. The summed E-state index contributed by atoms with van der Waals surface area (Å²) in [6.45, 7) is 1.23. The van der Waals surface area contributed by atoms with Gasteiger partial charge in [0.05, 0.1) is 10.5 Å². The van der Waals surface area contributed by atoms with E-state index in [0.29, 0.717) is 6.07 Å². The summed E-state index contributed by atoms with van der Waals surface area (Å²) in [6.07, 6.45) is -0.526. The molecule has 82 valence electrons. The van der Waals surface area contributed by atoms with Crippen LogP contribution in [0.4, 0.5) is 14.5 Å². The summed E-state index contributed by atoms with van der Waals surface area (Å²) >= 11 is 0. The zero-order chi connectivity index (χ0) is 11.6. The summed E-state index contributed by atoms with van der Waals surface area (Å²) in [4.78, 5) is 9.58. The Hall–Kier alpha value is -1.72. The summed E-state index contributed by atoms with van der Waals surface area (Å²) in [7, 11) is 0. The lowest BCUT2D eigenvalue weighted by Crippen LogP contribution is -2.12. The molecule has 0 spiro atoms. The minimum atomic E-state index is -3.25. The highest BCUT2D eigenvalue weighted by atomic mass is 19.3. The van der Waals surface area contributed by atoms with Crippen molar-refractivity contribution in [2.75, 3.05) is 0 Å². The van der Waals surface area contributed by atoms with Crippen molar-refractivity contribution in [3.63, 3.8) is 0 Å². The SMILES string of the molecule is CCC(F)(F)c1cc([N+](=O)[O-])ccc1O. The number of halogens is 2. The fourth-order valence-electron chi connectivity index (χ4n) is 1.12. The summed E-state index contributed by atoms with van der Waals surface area (Å²) in [5, 5.41) is 19.5. The maximum atomic E-state index is 13.2. The number of non-ortho nitro benzene ring substituents is 1. The predicted octanol–water partition coefficient (Wildman–Crippen LogP) is 2.80. The molecule has 0 saturated carbocycles. The van der Waals surface area contributed by atoms with Crippen molar-refractivity contribution in [1.29, 1.82) is 0 Å². The van der Waals surface area contributed by atoms with Crippen LogP contribution in [0.5, 0.6) is 5.75 Å². The zero-order valence-electron chi connectivity index (χ0n) is 7.91. The Kier molecular flexibility index (Phi) is 2.88. The van der Waals surface area contributed by atoms with Crippen molar-refractivity contribution in [2.45, 2.75) is 19.3 Å². The Labute approximate surface area is 84.3 Å². The molecule has 0 aliphatic heterocycles. The summed E-state index contributed by atoms with van der Waals surface area (Å²) in [5.74, 6) is -3.89. The van der Waals surface area contributed by atoms with Crippen molar-refractivity contribution in [1.82, 2.24) is 0 Å². The number of benzene rings is 1. The van der Waals surface area contributed by atoms with Gasteiger partial charge in [-0.2, -0.15) is 0 Å². The molecule has 0 amide bonds. The van der Waals surface area contributed by atoms with Crippen molar-refractivity contribution in [2.24, 2.45) is 0 Å². The smallest absolute Gasteiger partial charge is 0.276 e. The van der Waals surface area contributed by atoms with Gasteiger partial charge in [-0.3, -0.25) is 10.1 Å². The third-order valence-electron chi connectivity index (χ3n) is 2.03. The van der Waals surface area contributed by atoms with E-state index in [1.165, 1.54) is 6.92 Å². The first kappa shape index (κ1) is 11.4. The first-order valence-electron chi connectivity index (χ1n) is 4.24. The fraction of sp³-hybridized carbons (Fsp3) is 0.333. The number of nitro benzene ring substituents is 1. The van der Waals surface area contributed by atoms with Crippen LogP contribution in [0.25, 0.3) is 0 Å². The minimum Gasteiger partial charge on any atom is -0.507 e. The lowest BCUT2D eigenvalue weighted by Gasteiger charge is -2.15. The minimum absolute atomic E-state index is 0.462. The van der Waals surface area contributed by atoms with Gasteiger partial charge in [0.25, 0.3) is 11.6 Å². The molecule has 15 heavy (non-hydrogen) atoms. The van der Waals surface area contributed by atoms with Crippen LogP contribution < -0.4 is 0 Å². The molecular weight excluding hydrogens is 208 g/mol. The molecule has 0 atom stereocenters. The molecular formula is C9H9F2NO3. The normalized spacial score (nSPS) is 11.4. The van der Waals surface area contributed by atoms with Crippen LogP contribution in [0.3, 0.4) is 0 Å². The molecule has 1 aromatic carbocycles. The molecule has 0 unspecified atom stereocenters. The number of aromatic hydroxyl groups is 1. The fourth-order valence-corrected chi connectivity index (χ4v) is 1.12. The zero-order valence-corrected chi connectivity index (χ0v) is 7.91. The Morgan fingerprint density at radius 2 is 2.13 bits per heavy atom. The van der Waals surface area contributed by atoms with E-state index in [2.05, 4.69) is 0 Å². The highest BCUT2D eigenvalue weighted by molar-refractivity contribution is 5.45. The Balaban J connectivity index is 3.28. The molecule has 0 radical (unpaired) electrons. The van der Waals surface area contributed by atoms with Gasteiger partial charge in [0.15, 0.2) is 0 Å². The van der Waals surface area contributed by atoms with Crippen molar-refractivity contribution in [3.05, 3.63) is 33.9 Å². The van der Waals surface area contributed by atoms with E-state index >= 15 is 0 Å². The van der Waals surface area contributed by atoms with Crippen molar-refractivity contribution < 1.29 is 18.8 Å². The maximum absolute atomic E-state index is 13.2. The van der Waals surface area contributed by atoms with Crippen molar-refractivity contribution in [3.8, 4) is 5.75 Å². The number of nitrogens with zero attached hydrogens (tertiary/aromatic N) is 1. The molecule has 0 saturated heterocycles. The molecule has 0 aromatic heterocycles. The number of phenolic OH excluding ortho intramolecular Hbond substituents is 1. The predicted molar refractivity (Wildman–Crippen MR) is 48.9 cm³/mol. The summed E-state index contributed by atoms with van der Waals surface area (Å²) in [5.41, 5.74) is -1.17. The van der Waals surface area contributed by atoms with E-state index in [-0.39, 0.29) is 0 Å². The highest BCUT2D eigenvalue weighted by Crippen LogP contribution is 2.38. The van der Waals surface area contributed by atoms with E-state index in [9.17, 15) is 24.0 Å². The topological polar surface area (TPSA) is 63.4 Å². The number of rotatable bonds is 3. The standard InChI is InChI=1S/C9H9F2NO3/c1-2-9(10,11)7-5-6(12(14)15)3-4-8(7)13/h3-5,13H,2H2,1H3. The number of alkyl halides is 2. The van der Waals surface area contributed by atoms with E-state index < -0.39 is 34.3 Å². The molecule has 6 heteroatoms. The molecule has 0 bridgehead atoms. The van der Waals surface area contributed by atoms with Crippen LogP contribution in [-0.4, -0.2) is 10.0 Å². The van der Waals surface area contributed by atoms with Gasteiger partial charge in [-0.25, -0.2) is 8.78 Å². The van der Waals surface area contributed by atoms with Crippen LogP contribution >= 0.6 is 0 Å². The van der Waals surface area contributed by atoms with Gasteiger partial charge in [0.2, 0.25) is 0 Å². The molecule has 0 heterocycles. The van der Waals surface area contributed by atoms with Crippen LogP contribution in [0, 0.1) is 10.1 Å². The van der Waals surface area contributed by atoms with Gasteiger partial charge >= 0.3 is 0 Å². The van der Waals surface area contributed by atoms with Gasteiger partial charge in [-0.05, 0) is 6.07 Å². The third kappa shape index (κ3) is 2.20. The second kappa shape index (κ2) is 3.80. The first-order valence-corrected chi connectivity index (χ1v) is 4.24. The second-order valence-electron chi connectivity index (χ2n) is 3.02. The second-order valence-corrected chi connectivity index (χ2v) is 3.02. The van der Waals surface area contributed by atoms with Crippen LogP contribution in [0.15, 0.2) is 18.2 Å². The monoisotopic (exact) mass is 217 g/mol. The Morgan fingerprint density at radius 3 is 2.60 bits per heavy atom. The Morgan fingerprint density at radius 1 is 1.53 bits per heavy atom. The molecule has 0 fully saturated rings. The third-order valence-corrected chi connectivity index (χ3v) is 2.03. The molecule has 1 rings (SSSR count). The highest BCUT2D eigenvalue weighted by Gasteiger charge is 2.33. The molecule has 0 aliphatic carbocycles. The van der Waals surface area contributed by atoms with Crippen LogP contribution in [-0.2, 0) is 5.92 Å². The number of phenols is 1. The van der Waals surface area contributed by atoms with Gasteiger partial charge in [-0.15, -0.1) is 0 Å². The number of hydrogen-bond donors (Lipinski definition) is 1. The average molecular weight is 217 g/mol. The summed E-state index contributed by atoms with van der Waals surface area (Å²) < 4.78 is 26.4. The van der Waals surface area contributed by atoms with Crippen LogP contribution in [0.1, 0.15) is 18.9 Å². The van der Waals surface area contributed by atoms with E-state index in [4.69, 9.17) is 0 Å². The number of hydrogen-bond acceptors (Lipinski definition) is 3. The average Bonchev–Trinajstić information content (AvgIpc) is 2.17. The van der Waals surface area contributed by atoms with Gasteiger partial charge in [0, 0.05) is 18.6 Å². The largest absolute Gasteiger partial charge is 0.507 e. The molecule has 4 nitrogen and oxygen atoms in total. The Bertz CT molecular complexity index is 393. The number of nitro groups is 1. The quantitative estimate of drug-likeness (QED) is 0.625. The van der Waals surface area contributed by atoms with Crippen LogP contribution in [0.2, 0.25) is 0 Å². The van der Waals surface area contributed by atoms with E-state index in [1.54, 1.807) is 0 Å². The van der Waals surface area contributed by atoms with Gasteiger partial charge in [-0.1, -0.05) is 6.92 Å². The first-order chi connectivity index (χ1) is 6.88. The lowest BCUT2D eigenvalue weighted by atomic mass is 10.0. The molecule has 1 aromatic rings. The van der Waals surface area contributed by atoms with E-state index in [1.807, 2.05) is 0 Å². The van der Waals surface area contributed by atoms with Gasteiger partial charge < -0.3 is 5.11 Å². The van der Waals surface area contributed by atoms with Gasteiger partial charge in [0.1, 0.15) is 5.75 Å². The maximum Gasteiger partial charge on any atom is 0.276 e. The molecule has 1 N–H and O–H groups in total. The lowest BCUT2D eigenvalue weighted by molar-refractivity contribution is -0.385. The van der Waals surface area contributed by atoms with E-state index in [0.717, 1.165) is 12.1 Å².